The van der Waals surface area contributed by atoms with Crippen molar-refractivity contribution in [3.63, 3.8) is 0 Å². The van der Waals surface area contributed by atoms with Crippen LogP contribution < -0.4 is 5.32 Å². The van der Waals surface area contributed by atoms with Crippen LogP contribution in [0.4, 0.5) is 5.69 Å². The summed E-state index contributed by atoms with van der Waals surface area (Å²) in [7, 11) is 1.80. The molecule has 5 aromatic rings. The van der Waals surface area contributed by atoms with E-state index in [0.717, 1.165) is 45.0 Å². The molecule has 3 N–H and O–H groups in total. The number of nitrogens with zero attached hydrogens (tertiary/aromatic N) is 3. The van der Waals surface area contributed by atoms with Gasteiger partial charge in [-0.2, -0.15) is 10.2 Å². The Morgan fingerprint density at radius 3 is 2.84 bits per heavy atom. The minimum Gasteiger partial charge on any atom is -0.361 e. The summed E-state index contributed by atoms with van der Waals surface area (Å²) in [5, 5.41) is 16.8. The average molecular weight is 412 g/mol. The van der Waals surface area contributed by atoms with E-state index in [9.17, 15) is 4.79 Å². The summed E-state index contributed by atoms with van der Waals surface area (Å²) < 4.78 is 1.64. The first-order valence-corrected chi connectivity index (χ1v) is 10.4. The van der Waals surface area contributed by atoms with Crippen LogP contribution in [0.25, 0.3) is 32.9 Å². The van der Waals surface area contributed by atoms with Crippen molar-refractivity contribution in [1.82, 2.24) is 25.0 Å². The highest BCUT2D eigenvalue weighted by Crippen LogP contribution is 2.34. The van der Waals surface area contributed by atoms with Crippen LogP contribution in [0.2, 0.25) is 0 Å². The van der Waals surface area contributed by atoms with E-state index < -0.39 is 0 Å². The van der Waals surface area contributed by atoms with Crippen molar-refractivity contribution in [3.8, 4) is 11.1 Å². The van der Waals surface area contributed by atoms with Crippen LogP contribution in [0, 0.1) is 5.92 Å². The summed E-state index contributed by atoms with van der Waals surface area (Å²) in [6, 6.07) is 14.1. The summed E-state index contributed by atoms with van der Waals surface area (Å²) in [4.78, 5) is 16.4. The molecule has 5 rings (SSSR count). The molecule has 0 fully saturated rings. The van der Waals surface area contributed by atoms with Crippen LogP contribution in [0.5, 0.6) is 0 Å². The van der Waals surface area contributed by atoms with E-state index in [2.05, 4.69) is 57.6 Å². The van der Waals surface area contributed by atoms with Gasteiger partial charge in [-0.25, -0.2) is 0 Å². The fourth-order valence-corrected chi connectivity index (χ4v) is 4.09. The highest BCUT2D eigenvalue weighted by molar-refractivity contribution is 6.09. The van der Waals surface area contributed by atoms with Gasteiger partial charge in [0.1, 0.15) is 5.69 Å². The van der Waals surface area contributed by atoms with Crippen LogP contribution in [-0.2, 0) is 13.5 Å². The number of aryl methyl sites for hydroxylation is 1. The standard InChI is InChI=1S/C24H24N6O/c1-14(2)9-16-12-23(30(3)29-16)24(31)27-21-10-15(11-22-19(21)13-26-28-22)17-5-4-6-20-18(17)7-8-25-20/h4-8,10-14,25H,9H2,1-3H3,(H,26,28)(H,27,31). The number of carbonyl (C=O) groups excluding carboxylic acids is 1. The maximum atomic E-state index is 13.1. The molecule has 0 aliphatic carbocycles. The SMILES string of the molecule is CC(C)Cc1cc(C(=O)Nc2cc(-c3cccc4[nH]ccc34)cc3[nH]ncc23)n(C)n1. The normalized spacial score (nSPS) is 11.6. The molecular weight excluding hydrogens is 388 g/mol. The number of hydrogen-bond acceptors (Lipinski definition) is 3. The third kappa shape index (κ3) is 3.48. The number of benzene rings is 2. The van der Waals surface area contributed by atoms with E-state index in [1.54, 1.807) is 17.9 Å². The number of carbonyl (C=O) groups is 1. The first-order valence-electron chi connectivity index (χ1n) is 10.4. The lowest BCUT2D eigenvalue weighted by Crippen LogP contribution is -2.16. The Kier molecular flexibility index (Phi) is 4.58. The van der Waals surface area contributed by atoms with Gasteiger partial charge in [0.2, 0.25) is 0 Å². The summed E-state index contributed by atoms with van der Waals surface area (Å²) >= 11 is 0. The summed E-state index contributed by atoms with van der Waals surface area (Å²) in [5.74, 6) is 0.286. The van der Waals surface area contributed by atoms with E-state index in [0.29, 0.717) is 17.3 Å². The molecule has 7 nitrogen and oxygen atoms in total. The van der Waals surface area contributed by atoms with Gasteiger partial charge >= 0.3 is 0 Å². The smallest absolute Gasteiger partial charge is 0.273 e. The van der Waals surface area contributed by atoms with Gasteiger partial charge in [0.25, 0.3) is 5.91 Å². The summed E-state index contributed by atoms with van der Waals surface area (Å²) in [5.41, 5.74) is 6.19. The molecule has 2 aromatic carbocycles. The fraction of sp³-hybridized carbons (Fsp3) is 0.208. The Bertz CT molecular complexity index is 1400. The number of aromatic amines is 2. The number of amides is 1. The van der Waals surface area contributed by atoms with Gasteiger partial charge in [-0.15, -0.1) is 0 Å². The van der Waals surface area contributed by atoms with E-state index >= 15 is 0 Å². The van der Waals surface area contributed by atoms with Crippen molar-refractivity contribution in [2.75, 3.05) is 5.32 Å². The lowest BCUT2D eigenvalue weighted by Gasteiger charge is -2.10. The highest BCUT2D eigenvalue weighted by Gasteiger charge is 2.17. The second-order valence-electron chi connectivity index (χ2n) is 8.30. The summed E-state index contributed by atoms with van der Waals surface area (Å²) in [6.45, 7) is 4.28. The van der Waals surface area contributed by atoms with Gasteiger partial charge in [0, 0.05) is 29.5 Å². The predicted octanol–water partition coefficient (Wildman–Crippen LogP) is 4.90. The van der Waals surface area contributed by atoms with Crippen molar-refractivity contribution < 1.29 is 4.79 Å². The van der Waals surface area contributed by atoms with Crippen LogP contribution in [0.3, 0.4) is 0 Å². The first-order chi connectivity index (χ1) is 15.0. The van der Waals surface area contributed by atoms with Crippen LogP contribution in [0.15, 0.2) is 54.9 Å². The molecule has 7 heteroatoms. The quantitative estimate of drug-likeness (QED) is 0.384. The number of nitrogens with one attached hydrogen (secondary N) is 3. The number of aromatic nitrogens is 5. The van der Waals surface area contributed by atoms with Gasteiger partial charge in [0.05, 0.1) is 23.1 Å². The molecule has 0 saturated heterocycles. The molecule has 3 heterocycles. The number of hydrogen-bond donors (Lipinski definition) is 3. The minimum absolute atomic E-state index is 0.190. The predicted molar refractivity (Wildman–Crippen MR) is 123 cm³/mol. The maximum Gasteiger partial charge on any atom is 0.273 e. The molecule has 0 spiro atoms. The molecule has 0 bridgehead atoms. The minimum atomic E-state index is -0.190. The molecular formula is C24H24N6O. The molecule has 0 radical (unpaired) electrons. The van der Waals surface area contributed by atoms with Crippen LogP contribution in [-0.4, -0.2) is 30.9 Å². The molecule has 0 saturated carbocycles. The van der Waals surface area contributed by atoms with Crippen molar-refractivity contribution in [2.45, 2.75) is 20.3 Å². The van der Waals surface area contributed by atoms with Crippen molar-refractivity contribution >= 4 is 33.4 Å². The highest BCUT2D eigenvalue weighted by atomic mass is 16.2. The lowest BCUT2D eigenvalue weighted by molar-refractivity contribution is 0.101. The second-order valence-corrected chi connectivity index (χ2v) is 8.30. The molecule has 0 unspecified atom stereocenters. The van der Waals surface area contributed by atoms with Crippen molar-refractivity contribution in [1.29, 1.82) is 0 Å². The number of H-pyrrole nitrogens is 2. The molecule has 0 aliphatic rings. The zero-order valence-corrected chi connectivity index (χ0v) is 17.7. The average Bonchev–Trinajstić information content (AvgIpc) is 3.46. The Balaban J connectivity index is 1.55. The Hall–Kier alpha value is -3.87. The van der Waals surface area contributed by atoms with Crippen molar-refractivity contribution in [3.05, 3.63) is 66.2 Å². The van der Waals surface area contributed by atoms with Crippen LogP contribution >= 0.6 is 0 Å². The van der Waals surface area contributed by atoms with Gasteiger partial charge < -0.3 is 10.3 Å². The maximum absolute atomic E-state index is 13.1. The van der Waals surface area contributed by atoms with Gasteiger partial charge in [-0.3, -0.25) is 14.6 Å². The zero-order chi connectivity index (χ0) is 21.5. The van der Waals surface area contributed by atoms with E-state index in [1.807, 2.05) is 30.5 Å². The topological polar surface area (TPSA) is 91.4 Å². The summed E-state index contributed by atoms with van der Waals surface area (Å²) in [6.07, 6.45) is 4.50. The first kappa shape index (κ1) is 19.1. The Labute approximate surface area is 179 Å². The number of anilines is 1. The molecule has 0 atom stereocenters. The fourth-order valence-electron chi connectivity index (χ4n) is 4.09. The Morgan fingerprint density at radius 1 is 1.13 bits per heavy atom. The Morgan fingerprint density at radius 2 is 2.00 bits per heavy atom. The molecule has 156 valence electrons. The van der Waals surface area contributed by atoms with Gasteiger partial charge in [0.15, 0.2) is 0 Å². The third-order valence-electron chi connectivity index (χ3n) is 5.49. The number of rotatable bonds is 5. The van der Waals surface area contributed by atoms with E-state index in [4.69, 9.17) is 0 Å². The van der Waals surface area contributed by atoms with Gasteiger partial charge in [-0.05, 0) is 53.8 Å². The van der Waals surface area contributed by atoms with Crippen LogP contribution in [0.1, 0.15) is 30.0 Å². The van der Waals surface area contributed by atoms with Crippen molar-refractivity contribution in [2.24, 2.45) is 13.0 Å². The third-order valence-corrected chi connectivity index (χ3v) is 5.49. The largest absolute Gasteiger partial charge is 0.361 e. The van der Waals surface area contributed by atoms with E-state index in [-0.39, 0.29) is 5.91 Å². The van der Waals surface area contributed by atoms with E-state index in [1.165, 1.54) is 0 Å². The molecule has 0 aliphatic heterocycles. The molecule has 1 amide bonds. The lowest BCUT2D eigenvalue weighted by atomic mass is 9.99. The molecule has 31 heavy (non-hydrogen) atoms. The van der Waals surface area contributed by atoms with Gasteiger partial charge in [-0.1, -0.05) is 26.0 Å². The molecule has 3 aromatic heterocycles. The zero-order valence-electron chi connectivity index (χ0n) is 17.7. The monoisotopic (exact) mass is 412 g/mol. The second kappa shape index (κ2) is 7.43. The number of fused-ring (bicyclic) bond motifs is 2.